The molecule has 2 aromatic carbocycles. The summed E-state index contributed by atoms with van der Waals surface area (Å²) in [5.74, 6) is 0.746. The molecule has 0 bridgehead atoms. The van der Waals surface area contributed by atoms with Crippen LogP contribution in [-0.4, -0.2) is 29.1 Å². The van der Waals surface area contributed by atoms with Crippen molar-refractivity contribution in [3.63, 3.8) is 0 Å². The zero-order chi connectivity index (χ0) is 18.5. The normalized spacial score (nSPS) is 18.9. The number of nitrogens with one attached hydrogen (secondary N) is 1. The minimum Gasteiger partial charge on any atom is -0.497 e. The number of thioether (sulfide) groups is 1. The van der Waals surface area contributed by atoms with E-state index in [-0.39, 0.29) is 11.2 Å². The Morgan fingerprint density at radius 3 is 2.54 bits per heavy atom. The number of rotatable bonds is 5. The zero-order valence-corrected chi connectivity index (χ0v) is 16.0. The van der Waals surface area contributed by atoms with Gasteiger partial charge in [-0.1, -0.05) is 47.6 Å². The van der Waals surface area contributed by atoms with E-state index in [1.165, 1.54) is 11.8 Å². The highest BCUT2D eigenvalue weighted by Crippen LogP contribution is 2.24. The van der Waals surface area contributed by atoms with Crippen LogP contribution in [0.3, 0.4) is 0 Å². The SMILES string of the molecule is COc1ccc(C[C@@H]2S/C(=N\N=C(\C)c3ccc(Cl)cc3)NC2=O)cc1. The van der Waals surface area contributed by atoms with Gasteiger partial charge in [0.25, 0.3) is 0 Å². The molecule has 1 amide bonds. The third-order valence-electron chi connectivity index (χ3n) is 3.91. The minimum absolute atomic E-state index is 0.0519. The highest BCUT2D eigenvalue weighted by atomic mass is 35.5. The van der Waals surface area contributed by atoms with Gasteiger partial charge in [0.2, 0.25) is 5.91 Å². The number of carbonyl (C=O) groups is 1. The van der Waals surface area contributed by atoms with Crippen LogP contribution >= 0.6 is 23.4 Å². The van der Waals surface area contributed by atoms with Gasteiger partial charge in [0.15, 0.2) is 5.17 Å². The lowest BCUT2D eigenvalue weighted by atomic mass is 10.1. The number of halogens is 1. The lowest BCUT2D eigenvalue weighted by Gasteiger charge is -2.06. The van der Waals surface area contributed by atoms with Gasteiger partial charge in [-0.05, 0) is 48.7 Å². The number of methoxy groups -OCH3 is 1. The number of ether oxygens (including phenoxy) is 1. The molecule has 0 radical (unpaired) electrons. The van der Waals surface area contributed by atoms with E-state index in [1.54, 1.807) is 19.2 Å². The first kappa shape index (κ1) is 18.5. The largest absolute Gasteiger partial charge is 0.497 e. The average molecular weight is 388 g/mol. The molecule has 1 saturated heterocycles. The molecule has 7 heteroatoms. The first-order chi connectivity index (χ1) is 12.5. The van der Waals surface area contributed by atoms with Crippen molar-refractivity contribution in [1.29, 1.82) is 0 Å². The van der Waals surface area contributed by atoms with Crippen LogP contribution in [0.4, 0.5) is 0 Å². The average Bonchev–Trinajstić information content (AvgIpc) is 3.00. The van der Waals surface area contributed by atoms with E-state index in [4.69, 9.17) is 16.3 Å². The summed E-state index contributed by atoms with van der Waals surface area (Å²) in [4.78, 5) is 12.2. The maximum absolute atomic E-state index is 12.2. The van der Waals surface area contributed by atoms with Crippen LogP contribution in [0.1, 0.15) is 18.1 Å². The maximum Gasteiger partial charge on any atom is 0.239 e. The second-order valence-corrected chi connectivity index (χ2v) is 7.37. The van der Waals surface area contributed by atoms with Crippen molar-refractivity contribution in [3.05, 3.63) is 64.7 Å². The van der Waals surface area contributed by atoms with Crippen LogP contribution in [0.15, 0.2) is 58.7 Å². The molecule has 26 heavy (non-hydrogen) atoms. The van der Waals surface area contributed by atoms with Crippen molar-refractivity contribution in [3.8, 4) is 5.75 Å². The van der Waals surface area contributed by atoms with Crippen LogP contribution < -0.4 is 10.1 Å². The minimum atomic E-state index is -0.215. The Balaban J connectivity index is 1.65. The van der Waals surface area contributed by atoms with E-state index in [9.17, 15) is 4.79 Å². The number of benzene rings is 2. The Morgan fingerprint density at radius 2 is 1.88 bits per heavy atom. The summed E-state index contributed by atoms with van der Waals surface area (Å²) >= 11 is 7.28. The summed E-state index contributed by atoms with van der Waals surface area (Å²) in [6, 6.07) is 15.1. The molecule has 3 rings (SSSR count). The molecule has 1 N–H and O–H groups in total. The van der Waals surface area contributed by atoms with Gasteiger partial charge in [0.05, 0.1) is 18.1 Å². The second-order valence-electron chi connectivity index (χ2n) is 5.75. The predicted molar refractivity (Wildman–Crippen MR) is 107 cm³/mol. The van der Waals surface area contributed by atoms with Crippen LogP contribution in [0.5, 0.6) is 5.75 Å². The summed E-state index contributed by atoms with van der Waals surface area (Å²) < 4.78 is 5.15. The summed E-state index contributed by atoms with van der Waals surface area (Å²) in [5, 5.41) is 12.1. The van der Waals surface area contributed by atoms with Crippen LogP contribution in [0.2, 0.25) is 5.02 Å². The standard InChI is InChI=1S/C19H18ClN3O2S/c1-12(14-5-7-15(20)8-6-14)22-23-19-21-18(24)17(26-19)11-13-3-9-16(25-2)10-4-13/h3-10,17H,11H2,1-2H3,(H,21,23,24)/b22-12-/t17-/m0/s1. The lowest BCUT2D eigenvalue weighted by Crippen LogP contribution is -2.25. The second kappa shape index (κ2) is 8.38. The molecule has 0 aromatic heterocycles. The number of nitrogens with zero attached hydrogens (tertiary/aromatic N) is 2. The van der Waals surface area contributed by atoms with Gasteiger partial charge in [-0.15, -0.1) is 5.10 Å². The van der Waals surface area contributed by atoms with Crippen molar-refractivity contribution in [1.82, 2.24) is 5.32 Å². The van der Waals surface area contributed by atoms with Crippen LogP contribution in [0.25, 0.3) is 0 Å². The predicted octanol–water partition coefficient (Wildman–Crippen LogP) is 3.90. The Labute approximate surface area is 161 Å². The molecule has 134 valence electrons. The topological polar surface area (TPSA) is 63.1 Å². The van der Waals surface area contributed by atoms with Crippen molar-refractivity contribution >= 4 is 40.1 Å². The van der Waals surface area contributed by atoms with E-state index in [2.05, 4.69) is 15.5 Å². The van der Waals surface area contributed by atoms with Gasteiger partial charge in [-0.2, -0.15) is 5.10 Å². The molecule has 0 aliphatic carbocycles. The number of amidine groups is 1. The van der Waals surface area contributed by atoms with E-state index >= 15 is 0 Å². The molecule has 2 aromatic rings. The molecule has 1 aliphatic rings. The molecule has 0 saturated carbocycles. The Bertz CT molecular complexity index is 848. The van der Waals surface area contributed by atoms with Gasteiger partial charge >= 0.3 is 0 Å². The number of carbonyl (C=O) groups excluding carboxylic acids is 1. The monoisotopic (exact) mass is 387 g/mol. The lowest BCUT2D eigenvalue weighted by molar-refractivity contribution is -0.118. The van der Waals surface area contributed by atoms with Gasteiger partial charge in [0.1, 0.15) is 5.75 Å². The van der Waals surface area contributed by atoms with Crippen molar-refractivity contribution < 1.29 is 9.53 Å². The fourth-order valence-electron chi connectivity index (χ4n) is 2.43. The molecular weight excluding hydrogens is 370 g/mol. The van der Waals surface area contributed by atoms with Crippen molar-refractivity contribution in [2.75, 3.05) is 7.11 Å². The molecule has 1 aliphatic heterocycles. The summed E-state index contributed by atoms with van der Waals surface area (Å²) in [6.45, 7) is 1.86. The van der Waals surface area contributed by atoms with E-state index < -0.39 is 0 Å². The molecule has 0 spiro atoms. The maximum atomic E-state index is 12.2. The van der Waals surface area contributed by atoms with E-state index in [1.807, 2.05) is 43.3 Å². The third kappa shape index (κ3) is 4.65. The van der Waals surface area contributed by atoms with E-state index in [0.717, 1.165) is 22.6 Å². The molecule has 1 fully saturated rings. The van der Waals surface area contributed by atoms with Gasteiger partial charge in [-0.3, -0.25) is 4.79 Å². The van der Waals surface area contributed by atoms with Crippen molar-refractivity contribution in [2.45, 2.75) is 18.6 Å². The van der Waals surface area contributed by atoms with Gasteiger partial charge in [0, 0.05) is 5.02 Å². The Morgan fingerprint density at radius 1 is 1.19 bits per heavy atom. The first-order valence-corrected chi connectivity index (χ1v) is 9.29. The summed E-state index contributed by atoms with van der Waals surface area (Å²) in [6.07, 6.45) is 0.624. The quantitative estimate of drug-likeness (QED) is 0.625. The number of hydrogen-bond acceptors (Lipinski definition) is 5. The highest BCUT2D eigenvalue weighted by molar-refractivity contribution is 8.15. The fraction of sp³-hybridized carbons (Fsp3) is 0.211. The first-order valence-electron chi connectivity index (χ1n) is 8.04. The molecule has 1 heterocycles. The molecule has 0 unspecified atom stereocenters. The van der Waals surface area contributed by atoms with Crippen LogP contribution in [-0.2, 0) is 11.2 Å². The van der Waals surface area contributed by atoms with Gasteiger partial charge in [-0.25, -0.2) is 0 Å². The highest BCUT2D eigenvalue weighted by Gasteiger charge is 2.30. The third-order valence-corrected chi connectivity index (χ3v) is 5.23. The molecule has 5 nitrogen and oxygen atoms in total. The number of amides is 1. The smallest absolute Gasteiger partial charge is 0.239 e. The molecular formula is C19H18ClN3O2S. The van der Waals surface area contributed by atoms with Gasteiger partial charge < -0.3 is 10.1 Å². The fourth-order valence-corrected chi connectivity index (χ4v) is 3.52. The van der Waals surface area contributed by atoms with E-state index in [0.29, 0.717) is 16.6 Å². The number of hydrogen-bond donors (Lipinski definition) is 1. The zero-order valence-electron chi connectivity index (χ0n) is 14.4. The summed E-state index contributed by atoms with van der Waals surface area (Å²) in [7, 11) is 1.63. The van der Waals surface area contributed by atoms with Crippen molar-refractivity contribution in [2.24, 2.45) is 10.2 Å². The Kier molecular flexibility index (Phi) is 5.96. The Hall–Kier alpha value is -2.31. The van der Waals surface area contributed by atoms with Crippen LogP contribution in [0, 0.1) is 0 Å². The molecule has 1 atom stereocenters. The summed E-state index contributed by atoms with van der Waals surface area (Å²) in [5.41, 5.74) is 2.76.